The maximum atomic E-state index is 14.6. The summed E-state index contributed by atoms with van der Waals surface area (Å²) in [5.74, 6) is -13.5. The van der Waals surface area contributed by atoms with Crippen LogP contribution in [0.1, 0.15) is 27.5 Å². The summed E-state index contributed by atoms with van der Waals surface area (Å²) in [5, 5.41) is 55.4. The Kier molecular flexibility index (Phi) is 10.2. The summed E-state index contributed by atoms with van der Waals surface area (Å²) in [6.45, 7) is -1.42. The average molecular weight is 732 g/mol. The number of carboxylic acids is 1. The Morgan fingerprint density at radius 2 is 1.67 bits per heavy atom. The van der Waals surface area contributed by atoms with Gasteiger partial charge in [-0.25, -0.2) is 18.4 Å². The summed E-state index contributed by atoms with van der Waals surface area (Å²) in [5.41, 5.74) is -1.19. The molecule has 0 bridgehead atoms. The molecule has 0 aliphatic carbocycles. The number of hydrogen-bond acceptors (Lipinski definition) is 11. The fourth-order valence-corrected chi connectivity index (χ4v) is 5.53. The second-order valence-electron chi connectivity index (χ2n) is 11.2. The molecule has 8 N–H and O–H groups in total. The maximum Gasteiger partial charge on any atom is 0.547 e. The number of rotatable bonds is 8. The van der Waals surface area contributed by atoms with Crippen molar-refractivity contribution in [3.63, 3.8) is 0 Å². The number of aromatic carboxylic acids is 1. The van der Waals surface area contributed by atoms with Crippen molar-refractivity contribution in [2.45, 2.75) is 18.4 Å². The van der Waals surface area contributed by atoms with Gasteiger partial charge < -0.3 is 51.0 Å². The number of fused-ring (bicyclic) bond motifs is 1. The van der Waals surface area contributed by atoms with Crippen LogP contribution >= 0.6 is 11.6 Å². The van der Waals surface area contributed by atoms with Crippen LogP contribution in [-0.4, -0.2) is 104 Å². The lowest BCUT2D eigenvalue weighted by Crippen LogP contribution is -2.60. The van der Waals surface area contributed by atoms with Crippen LogP contribution in [0.15, 0.2) is 42.5 Å². The highest BCUT2D eigenvalue weighted by molar-refractivity contribution is 6.47. The lowest BCUT2D eigenvalue weighted by molar-refractivity contribution is -0.154. The van der Waals surface area contributed by atoms with Gasteiger partial charge in [-0.3, -0.25) is 24.1 Å². The molecule has 266 valence electrons. The van der Waals surface area contributed by atoms with Gasteiger partial charge in [0, 0.05) is 24.3 Å². The second-order valence-corrected chi connectivity index (χ2v) is 11.5. The fraction of sp³-hybridized carbons (Fsp3) is 0.200. The predicted molar refractivity (Wildman–Crippen MR) is 169 cm³/mol. The van der Waals surface area contributed by atoms with Gasteiger partial charge in [0.1, 0.15) is 35.5 Å². The van der Waals surface area contributed by atoms with Gasteiger partial charge in [-0.1, -0.05) is 17.7 Å². The number of urea groups is 1. The molecule has 0 spiro atoms. The van der Waals surface area contributed by atoms with Gasteiger partial charge in [0.25, 0.3) is 0 Å². The molecule has 3 aromatic carbocycles. The maximum absolute atomic E-state index is 14.6. The number of carboxylic acid groups (broad SMARTS) is 1. The number of aromatic hydroxyl groups is 3. The summed E-state index contributed by atoms with van der Waals surface area (Å²) in [6, 6.07) is 4.36. The second kappa shape index (κ2) is 14.4. The van der Waals surface area contributed by atoms with E-state index in [1.807, 2.05) is 0 Å². The summed E-state index contributed by atoms with van der Waals surface area (Å²) < 4.78 is 33.9. The van der Waals surface area contributed by atoms with E-state index >= 15 is 0 Å². The third-order valence-electron chi connectivity index (χ3n) is 7.83. The summed E-state index contributed by atoms with van der Waals surface area (Å²) in [7, 11) is -1.99. The highest BCUT2D eigenvalue weighted by Gasteiger charge is 2.42. The van der Waals surface area contributed by atoms with Gasteiger partial charge in [-0.2, -0.15) is 0 Å². The number of imide groups is 1. The molecule has 17 nitrogen and oxygen atoms in total. The molecule has 21 heteroatoms. The van der Waals surface area contributed by atoms with E-state index < -0.39 is 113 Å². The largest absolute Gasteiger partial charge is 0.547 e. The number of hydrogen-bond donors (Lipinski definition) is 8. The zero-order chi connectivity index (χ0) is 37.3. The number of anilines is 1. The normalized spacial score (nSPS) is 16.2. The number of nitrogens with zero attached hydrogens (tertiary/aromatic N) is 2. The van der Waals surface area contributed by atoms with Crippen molar-refractivity contribution in [1.29, 1.82) is 0 Å². The third-order valence-corrected chi connectivity index (χ3v) is 8.22. The first kappa shape index (κ1) is 36.1. The van der Waals surface area contributed by atoms with Crippen LogP contribution in [0.3, 0.4) is 0 Å². The highest BCUT2D eigenvalue weighted by Crippen LogP contribution is 2.40. The minimum absolute atomic E-state index is 0.0510. The zero-order valence-electron chi connectivity index (χ0n) is 25.7. The molecule has 2 atom stereocenters. The number of phenols is 3. The fourth-order valence-electron chi connectivity index (χ4n) is 5.28. The molecule has 5 rings (SSSR count). The standard InChI is InChI=1S/C30H25BClF2N5O12/c32-21-15(10-17(34)23(42)24(21)43)22(26(44)36-18-9-12-1-6-16(33)20(29(47)48)25(12)51-31(18)50)37-30(49)39-8-7-38(27(45)28(39)46)11-19(41)35-13-2-4-14(40)5-3-13/h1-6,10,18,22,40,42-43,50H,7-9,11H2,(H,35,41)(H,36,44)(H,37,49)(H,47,48)/t18-,22?/m0/s1. The lowest BCUT2D eigenvalue weighted by atomic mass is 9.72. The number of amides is 6. The van der Waals surface area contributed by atoms with E-state index in [0.717, 1.165) is 17.0 Å². The number of nitrogens with one attached hydrogen (secondary N) is 3. The van der Waals surface area contributed by atoms with Crippen molar-refractivity contribution in [1.82, 2.24) is 20.4 Å². The molecule has 0 saturated carbocycles. The van der Waals surface area contributed by atoms with Crippen LogP contribution in [0.5, 0.6) is 23.0 Å². The van der Waals surface area contributed by atoms with Crippen LogP contribution in [-0.2, 0) is 25.6 Å². The Hall–Kier alpha value is -6.15. The molecular weight excluding hydrogens is 707 g/mol. The first-order valence-electron chi connectivity index (χ1n) is 14.7. The minimum Gasteiger partial charge on any atom is -0.534 e. The monoisotopic (exact) mass is 731 g/mol. The quantitative estimate of drug-likeness (QED) is 0.0688. The summed E-state index contributed by atoms with van der Waals surface area (Å²) in [6.07, 6.45) is -0.346. The lowest BCUT2D eigenvalue weighted by Gasteiger charge is -2.33. The molecule has 2 aliphatic rings. The van der Waals surface area contributed by atoms with E-state index in [1.165, 1.54) is 24.3 Å². The molecular formula is C30H25BClF2N5O12. The molecule has 0 aromatic heterocycles. The smallest absolute Gasteiger partial charge is 0.534 e. The molecule has 51 heavy (non-hydrogen) atoms. The van der Waals surface area contributed by atoms with Gasteiger partial charge in [-0.15, -0.1) is 0 Å². The van der Waals surface area contributed by atoms with Crippen LogP contribution in [0.2, 0.25) is 5.02 Å². The van der Waals surface area contributed by atoms with Crippen LogP contribution in [0.4, 0.5) is 19.3 Å². The van der Waals surface area contributed by atoms with Crippen LogP contribution < -0.4 is 20.6 Å². The zero-order valence-corrected chi connectivity index (χ0v) is 26.5. The van der Waals surface area contributed by atoms with Crippen molar-refractivity contribution in [3.8, 4) is 23.0 Å². The molecule has 1 fully saturated rings. The topological polar surface area (TPSA) is 255 Å². The first-order chi connectivity index (χ1) is 24.1. The number of piperazine rings is 1. The average Bonchev–Trinajstić information content (AvgIpc) is 3.07. The van der Waals surface area contributed by atoms with E-state index in [4.69, 9.17) is 16.3 Å². The van der Waals surface area contributed by atoms with Crippen LogP contribution in [0, 0.1) is 11.6 Å². The highest BCUT2D eigenvalue weighted by atomic mass is 35.5. The molecule has 2 heterocycles. The van der Waals surface area contributed by atoms with Gasteiger partial charge in [0.05, 0.1) is 11.0 Å². The number of carbonyl (C=O) groups excluding carboxylic acids is 5. The van der Waals surface area contributed by atoms with E-state index in [0.29, 0.717) is 11.0 Å². The predicted octanol–water partition coefficient (Wildman–Crippen LogP) is 0.633. The number of benzene rings is 3. The van der Waals surface area contributed by atoms with E-state index in [1.54, 1.807) is 0 Å². The van der Waals surface area contributed by atoms with Crippen molar-refractivity contribution >= 4 is 60.0 Å². The van der Waals surface area contributed by atoms with E-state index in [2.05, 4.69) is 16.0 Å². The molecule has 2 aliphatic heterocycles. The summed E-state index contributed by atoms with van der Waals surface area (Å²) in [4.78, 5) is 78.1. The Morgan fingerprint density at radius 3 is 2.33 bits per heavy atom. The van der Waals surface area contributed by atoms with Crippen molar-refractivity contribution in [2.24, 2.45) is 0 Å². The van der Waals surface area contributed by atoms with Crippen molar-refractivity contribution in [2.75, 3.05) is 25.0 Å². The third kappa shape index (κ3) is 7.41. The minimum atomic E-state index is -2.10. The van der Waals surface area contributed by atoms with Gasteiger partial charge in [0.2, 0.25) is 11.8 Å². The van der Waals surface area contributed by atoms with E-state index in [9.17, 15) is 63.0 Å². The van der Waals surface area contributed by atoms with Gasteiger partial charge in [-0.05, 0) is 48.4 Å². The molecule has 3 aromatic rings. The Bertz CT molecular complexity index is 1970. The number of carbonyl (C=O) groups is 6. The Morgan fingerprint density at radius 1 is 0.980 bits per heavy atom. The Labute approximate surface area is 290 Å². The number of halogens is 3. The molecule has 6 amide bonds. The summed E-state index contributed by atoms with van der Waals surface area (Å²) >= 11 is 6.10. The van der Waals surface area contributed by atoms with Gasteiger partial charge in [0.15, 0.2) is 17.3 Å². The SMILES string of the molecule is O=C(CN1CCN(C(=O)NC(C(=O)N[C@H]2Cc3ccc(F)c(C(=O)O)c3OB2O)c2cc(F)c(O)c(O)c2Cl)C(=O)C1=O)Nc1ccc(O)cc1. The van der Waals surface area contributed by atoms with Crippen molar-refractivity contribution < 1.29 is 67.7 Å². The van der Waals surface area contributed by atoms with E-state index in [-0.39, 0.29) is 30.0 Å². The van der Waals surface area contributed by atoms with Gasteiger partial charge >= 0.3 is 30.9 Å². The number of phenolic OH excluding ortho intramolecular Hbond substituents is 3. The molecule has 1 saturated heterocycles. The Balaban J connectivity index is 1.34. The molecule has 1 unspecified atom stereocenters. The first-order valence-corrected chi connectivity index (χ1v) is 15.0. The molecule has 0 radical (unpaired) electrons. The van der Waals surface area contributed by atoms with Crippen molar-refractivity contribution in [3.05, 3.63) is 75.8 Å². The van der Waals surface area contributed by atoms with Crippen LogP contribution in [0.25, 0.3) is 0 Å².